The number of amides is 1. The molecule has 1 heterocycles. The molecule has 0 radical (unpaired) electrons. The zero-order valence-corrected chi connectivity index (χ0v) is 16.8. The molecule has 146 valence electrons. The van der Waals surface area contributed by atoms with Crippen LogP contribution in [0, 0.1) is 19.7 Å². The fourth-order valence-electron chi connectivity index (χ4n) is 2.71. The number of nitrogens with zero attached hydrogens (tertiary/aromatic N) is 4. The highest BCUT2D eigenvalue weighted by atomic mass is 32.2. The first-order valence-electron chi connectivity index (χ1n) is 8.99. The second-order valence-corrected chi connectivity index (χ2v) is 7.83. The Kier molecular flexibility index (Phi) is 6.41. The van der Waals surface area contributed by atoms with Crippen LogP contribution in [0.1, 0.15) is 23.6 Å². The van der Waals surface area contributed by atoms with E-state index < -0.39 is 0 Å². The van der Waals surface area contributed by atoms with Crippen molar-refractivity contribution in [3.8, 4) is 5.69 Å². The lowest BCUT2D eigenvalue weighted by Gasteiger charge is -2.13. The third-order valence-corrected chi connectivity index (χ3v) is 5.56. The molecule has 0 unspecified atom stereocenters. The van der Waals surface area contributed by atoms with Crippen LogP contribution >= 0.6 is 11.8 Å². The summed E-state index contributed by atoms with van der Waals surface area (Å²) < 4.78 is 14.6. The Morgan fingerprint density at radius 3 is 2.71 bits per heavy atom. The quantitative estimate of drug-likeness (QED) is 0.618. The molecule has 0 bridgehead atoms. The number of rotatable bonds is 7. The molecule has 6 nitrogen and oxygen atoms in total. The maximum Gasteiger partial charge on any atom is 0.233 e. The monoisotopic (exact) mass is 399 g/mol. The van der Waals surface area contributed by atoms with Crippen molar-refractivity contribution in [3.05, 3.63) is 65.0 Å². The van der Waals surface area contributed by atoms with Crippen molar-refractivity contribution in [2.75, 3.05) is 6.54 Å². The lowest BCUT2D eigenvalue weighted by molar-refractivity contribution is -0.120. The standard InChI is InChI=1S/C20H22FN5OS/c1-13-5-4-6-18(14(13)2)26-20(23-24-25-26)28-15(3)19(27)22-12-11-16-7-9-17(21)10-8-16/h4-10,15H,11-12H2,1-3H3,(H,22,27)/t15-/m1/s1. The highest BCUT2D eigenvalue weighted by Gasteiger charge is 2.19. The molecule has 1 aromatic heterocycles. The van der Waals surface area contributed by atoms with Crippen LogP contribution in [-0.2, 0) is 11.2 Å². The lowest BCUT2D eigenvalue weighted by atomic mass is 10.1. The molecule has 0 saturated heterocycles. The van der Waals surface area contributed by atoms with Crippen LogP contribution in [0.15, 0.2) is 47.6 Å². The molecule has 0 fully saturated rings. The molecule has 1 atom stereocenters. The minimum Gasteiger partial charge on any atom is -0.355 e. The van der Waals surface area contributed by atoms with Crippen molar-refractivity contribution in [3.63, 3.8) is 0 Å². The zero-order chi connectivity index (χ0) is 20.1. The topological polar surface area (TPSA) is 72.7 Å². The van der Waals surface area contributed by atoms with Crippen molar-refractivity contribution in [1.29, 1.82) is 0 Å². The highest BCUT2D eigenvalue weighted by molar-refractivity contribution is 8.00. The molecule has 0 saturated carbocycles. The Morgan fingerprint density at radius 1 is 1.21 bits per heavy atom. The molecule has 3 rings (SSSR count). The van der Waals surface area contributed by atoms with Gasteiger partial charge in [-0.15, -0.1) is 5.10 Å². The van der Waals surface area contributed by atoms with E-state index in [0.29, 0.717) is 18.1 Å². The van der Waals surface area contributed by atoms with Crippen molar-refractivity contribution in [2.45, 2.75) is 37.6 Å². The van der Waals surface area contributed by atoms with E-state index in [1.807, 2.05) is 39.0 Å². The molecule has 28 heavy (non-hydrogen) atoms. The number of carbonyl (C=O) groups excluding carboxylic acids is 1. The van der Waals surface area contributed by atoms with Gasteiger partial charge in [-0.25, -0.2) is 4.39 Å². The molecular weight excluding hydrogens is 377 g/mol. The van der Waals surface area contributed by atoms with E-state index >= 15 is 0 Å². The van der Waals surface area contributed by atoms with E-state index in [9.17, 15) is 9.18 Å². The number of carbonyl (C=O) groups is 1. The van der Waals surface area contributed by atoms with E-state index in [2.05, 4.69) is 20.8 Å². The maximum absolute atomic E-state index is 12.9. The lowest BCUT2D eigenvalue weighted by Crippen LogP contribution is -2.32. The normalized spacial score (nSPS) is 12.0. The van der Waals surface area contributed by atoms with Gasteiger partial charge in [-0.05, 0) is 72.5 Å². The van der Waals surface area contributed by atoms with Crippen molar-refractivity contribution in [2.24, 2.45) is 0 Å². The van der Waals surface area contributed by atoms with Gasteiger partial charge in [0.1, 0.15) is 5.82 Å². The fourth-order valence-corrected chi connectivity index (χ4v) is 3.53. The Morgan fingerprint density at radius 2 is 1.96 bits per heavy atom. The molecule has 1 N–H and O–H groups in total. The van der Waals surface area contributed by atoms with E-state index in [1.54, 1.807) is 16.8 Å². The van der Waals surface area contributed by atoms with Crippen LogP contribution in [-0.4, -0.2) is 37.9 Å². The highest BCUT2D eigenvalue weighted by Crippen LogP contribution is 2.25. The van der Waals surface area contributed by atoms with E-state index in [0.717, 1.165) is 22.4 Å². The molecule has 0 aliphatic heterocycles. The number of aromatic nitrogens is 4. The van der Waals surface area contributed by atoms with Crippen LogP contribution in [0.2, 0.25) is 0 Å². The van der Waals surface area contributed by atoms with Crippen molar-refractivity contribution >= 4 is 17.7 Å². The van der Waals surface area contributed by atoms with Gasteiger partial charge in [0.2, 0.25) is 11.1 Å². The first-order valence-corrected chi connectivity index (χ1v) is 9.87. The summed E-state index contributed by atoms with van der Waals surface area (Å²) in [6.45, 7) is 6.36. The second-order valence-electron chi connectivity index (χ2n) is 6.52. The summed E-state index contributed by atoms with van der Waals surface area (Å²) in [5, 5.41) is 15.0. The number of halogens is 1. The van der Waals surface area contributed by atoms with Crippen molar-refractivity contribution in [1.82, 2.24) is 25.5 Å². The Balaban J connectivity index is 1.59. The number of tetrazole rings is 1. The maximum atomic E-state index is 12.9. The molecule has 8 heteroatoms. The molecular formula is C20H22FN5OS. The molecule has 1 amide bonds. The molecule has 2 aromatic carbocycles. The number of benzene rings is 2. The van der Waals surface area contributed by atoms with Gasteiger partial charge in [0, 0.05) is 6.54 Å². The van der Waals surface area contributed by atoms with Gasteiger partial charge in [-0.3, -0.25) is 4.79 Å². The van der Waals surface area contributed by atoms with Crippen LogP contribution in [0.25, 0.3) is 5.69 Å². The smallest absolute Gasteiger partial charge is 0.233 e. The minimum absolute atomic E-state index is 0.0948. The Bertz CT molecular complexity index is 957. The van der Waals surface area contributed by atoms with E-state index in [4.69, 9.17) is 0 Å². The number of nitrogens with one attached hydrogen (secondary N) is 1. The predicted molar refractivity (Wildman–Crippen MR) is 107 cm³/mol. The van der Waals surface area contributed by atoms with Gasteiger partial charge in [0.15, 0.2) is 0 Å². The Hall–Kier alpha value is -2.74. The first-order chi connectivity index (χ1) is 13.5. The third-order valence-electron chi connectivity index (χ3n) is 4.52. The molecule has 0 spiro atoms. The van der Waals surface area contributed by atoms with E-state index in [-0.39, 0.29) is 17.0 Å². The summed E-state index contributed by atoms with van der Waals surface area (Å²) in [7, 11) is 0. The first kappa shape index (κ1) is 20.0. The van der Waals surface area contributed by atoms with Crippen LogP contribution in [0.3, 0.4) is 0 Å². The average Bonchev–Trinajstić information content (AvgIpc) is 3.13. The zero-order valence-electron chi connectivity index (χ0n) is 16.0. The van der Waals surface area contributed by atoms with Gasteiger partial charge in [-0.1, -0.05) is 36.0 Å². The summed E-state index contributed by atoms with van der Waals surface area (Å²) >= 11 is 1.31. The number of thioether (sulfide) groups is 1. The van der Waals surface area contributed by atoms with Gasteiger partial charge in [0.25, 0.3) is 0 Å². The van der Waals surface area contributed by atoms with Gasteiger partial charge < -0.3 is 5.32 Å². The number of hydrogen-bond acceptors (Lipinski definition) is 5. The summed E-state index contributed by atoms with van der Waals surface area (Å²) in [4.78, 5) is 12.4. The van der Waals surface area contributed by atoms with E-state index in [1.165, 1.54) is 23.9 Å². The van der Waals surface area contributed by atoms with Crippen LogP contribution in [0.5, 0.6) is 0 Å². The summed E-state index contributed by atoms with van der Waals surface area (Å²) in [5.41, 5.74) is 4.11. The van der Waals surface area contributed by atoms with Gasteiger partial charge >= 0.3 is 0 Å². The molecule has 0 aliphatic carbocycles. The third kappa shape index (κ3) is 4.75. The molecule has 3 aromatic rings. The average molecular weight is 399 g/mol. The predicted octanol–water partition coefficient (Wildman–Crippen LogP) is 3.26. The summed E-state index contributed by atoms with van der Waals surface area (Å²) in [6, 6.07) is 12.2. The van der Waals surface area contributed by atoms with Crippen LogP contribution in [0.4, 0.5) is 4.39 Å². The Labute approximate surface area is 167 Å². The SMILES string of the molecule is Cc1cccc(-n2nnnc2S[C@H](C)C(=O)NCCc2ccc(F)cc2)c1C. The van der Waals surface area contributed by atoms with Gasteiger partial charge in [0.05, 0.1) is 10.9 Å². The summed E-state index contributed by atoms with van der Waals surface area (Å²) in [6.07, 6.45) is 0.642. The summed E-state index contributed by atoms with van der Waals surface area (Å²) in [5.74, 6) is -0.359. The molecule has 0 aliphatic rings. The second kappa shape index (κ2) is 8.97. The van der Waals surface area contributed by atoms with Crippen LogP contribution < -0.4 is 5.32 Å². The number of aryl methyl sites for hydroxylation is 1. The van der Waals surface area contributed by atoms with Gasteiger partial charge in [-0.2, -0.15) is 4.68 Å². The largest absolute Gasteiger partial charge is 0.355 e. The van der Waals surface area contributed by atoms with Crippen molar-refractivity contribution < 1.29 is 9.18 Å². The number of hydrogen-bond donors (Lipinski definition) is 1. The minimum atomic E-state index is -0.358. The fraction of sp³-hybridized carbons (Fsp3) is 0.300.